The second-order valence-corrected chi connectivity index (χ2v) is 11.5. The number of hydrogen-bond acceptors (Lipinski definition) is 5. The summed E-state index contributed by atoms with van der Waals surface area (Å²) in [7, 11) is -3.26. The Kier molecular flexibility index (Phi) is 7.81. The minimum Gasteiger partial charge on any atom is -0.385 e. The summed E-state index contributed by atoms with van der Waals surface area (Å²) < 4.78 is 62.0. The van der Waals surface area contributed by atoms with E-state index in [1.54, 1.807) is 18.7 Å². The van der Waals surface area contributed by atoms with Crippen molar-refractivity contribution in [3.63, 3.8) is 0 Å². The summed E-state index contributed by atoms with van der Waals surface area (Å²) in [5.41, 5.74) is 0.432. The summed E-state index contributed by atoms with van der Waals surface area (Å²) in [6.45, 7) is 8.65. The van der Waals surface area contributed by atoms with E-state index in [-0.39, 0.29) is 23.9 Å². The lowest BCUT2D eigenvalue weighted by Crippen LogP contribution is -2.46. The van der Waals surface area contributed by atoms with Crippen LogP contribution in [0.3, 0.4) is 0 Å². The molecule has 0 radical (unpaired) electrons. The molecule has 0 bridgehead atoms. The molecular formula is C22H35F2N3O3S. The van der Waals surface area contributed by atoms with Gasteiger partial charge in [-0.05, 0) is 71.4 Å². The van der Waals surface area contributed by atoms with Gasteiger partial charge in [0.15, 0.2) is 11.6 Å². The van der Waals surface area contributed by atoms with E-state index in [1.807, 2.05) is 13.8 Å². The maximum Gasteiger partial charge on any atom is 0.214 e. The summed E-state index contributed by atoms with van der Waals surface area (Å²) >= 11 is 0. The fourth-order valence-electron chi connectivity index (χ4n) is 4.45. The molecule has 2 fully saturated rings. The van der Waals surface area contributed by atoms with Gasteiger partial charge < -0.3 is 15.0 Å². The Bertz CT molecular complexity index is 825. The Hall–Kier alpha value is -1.45. The minimum atomic E-state index is -3.26. The third-order valence-corrected chi connectivity index (χ3v) is 8.05. The number of sulfonamides is 1. The van der Waals surface area contributed by atoms with E-state index in [4.69, 9.17) is 4.74 Å². The lowest BCUT2D eigenvalue weighted by molar-refractivity contribution is -0.00557. The lowest BCUT2D eigenvalue weighted by atomic mass is 9.86. The first-order valence-corrected chi connectivity index (χ1v) is 12.7. The molecule has 0 amide bonds. The molecule has 1 saturated heterocycles. The number of benzene rings is 1. The molecule has 1 aliphatic heterocycles. The van der Waals surface area contributed by atoms with Crippen LogP contribution in [-0.2, 0) is 14.8 Å². The van der Waals surface area contributed by atoms with Crippen LogP contribution in [0.25, 0.3) is 0 Å². The van der Waals surface area contributed by atoms with Gasteiger partial charge in [-0.25, -0.2) is 21.9 Å². The van der Waals surface area contributed by atoms with Gasteiger partial charge in [0.05, 0.1) is 17.5 Å². The van der Waals surface area contributed by atoms with Crippen molar-refractivity contribution < 1.29 is 21.9 Å². The zero-order chi connectivity index (χ0) is 22.8. The van der Waals surface area contributed by atoms with Crippen LogP contribution in [0.15, 0.2) is 12.1 Å². The Morgan fingerprint density at radius 1 is 1.06 bits per heavy atom. The molecule has 1 aromatic carbocycles. The van der Waals surface area contributed by atoms with Crippen molar-refractivity contribution in [1.82, 2.24) is 4.72 Å². The minimum absolute atomic E-state index is 0.00509. The zero-order valence-corrected chi connectivity index (χ0v) is 19.6. The van der Waals surface area contributed by atoms with Gasteiger partial charge in [0.25, 0.3) is 0 Å². The van der Waals surface area contributed by atoms with Gasteiger partial charge in [-0.2, -0.15) is 0 Å². The van der Waals surface area contributed by atoms with Crippen molar-refractivity contribution in [1.29, 1.82) is 0 Å². The maximum absolute atomic E-state index is 14.8. The molecule has 0 spiro atoms. The van der Waals surface area contributed by atoms with Gasteiger partial charge in [-0.3, -0.25) is 0 Å². The number of hydrogen-bond donors (Lipinski definition) is 2. The molecule has 1 aliphatic carbocycles. The molecule has 176 valence electrons. The number of halogens is 2. The van der Waals surface area contributed by atoms with E-state index < -0.39 is 26.9 Å². The summed E-state index contributed by atoms with van der Waals surface area (Å²) in [5, 5.41) is 2.72. The fourth-order valence-corrected chi connectivity index (χ4v) is 5.42. The molecule has 6 nitrogen and oxygen atoms in total. The molecule has 1 heterocycles. The standard InChI is InChI=1S/C22H35F2N3O3S/c1-14(2)31(28,29)26-18-7-5-17(6-8-18)11-25-19-9-20(23)22(21(24)10-19)27-12-15(3)30-16(4)13-27/h9-10,14-18,25-26H,5-8,11-13H2,1-4H3/t15-,16+,17?,18?. The molecule has 2 N–H and O–H groups in total. The second kappa shape index (κ2) is 10.0. The number of anilines is 2. The molecule has 9 heteroatoms. The molecule has 2 atom stereocenters. The van der Waals surface area contributed by atoms with E-state index in [0.29, 0.717) is 31.2 Å². The smallest absolute Gasteiger partial charge is 0.214 e. The van der Waals surface area contributed by atoms with Crippen molar-refractivity contribution in [3.8, 4) is 0 Å². The third-order valence-electron chi connectivity index (χ3n) is 6.15. The Morgan fingerprint density at radius 3 is 2.13 bits per heavy atom. The van der Waals surface area contributed by atoms with Gasteiger partial charge >= 0.3 is 0 Å². The first kappa shape index (κ1) is 24.2. The van der Waals surface area contributed by atoms with Crippen LogP contribution in [0.5, 0.6) is 0 Å². The normalized spacial score (nSPS) is 27.5. The summed E-state index contributed by atoms with van der Waals surface area (Å²) in [6, 6.07) is 2.67. The van der Waals surface area contributed by atoms with E-state index in [1.165, 1.54) is 12.1 Å². The SMILES string of the molecule is CC(C)S(=O)(=O)NC1CCC(CNc2cc(F)c(N3C[C@@H](C)O[C@@H](C)C3)c(F)c2)CC1. The number of rotatable bonds is 7. The van der Waals surface area contributed by atoms with Gasteiger partial charge in [0, 0.05) is 31.4 Å². The average Bonchev–Trinajstić information content (AvgIpc) is 2.66. The maximum atomic E-state index is 14.8. The molecule has 31 heavy (non-hydrogen) atoms. The Balaban J connectivity index is 1.54. The topological polar surface area (TPSA) is 70.7 Å². The Labute approximate surface area is 184 Å². The van der Waals surface area contributed by atoms with Crippen LogP contribution in [0, 0.1) is 17.6 Å². The first-order chi connectivity index (χ1) is 14.5. The predicted molar refractivity (Wildman–Crippen MR) is 120 cm³/mol. The number of nitrogens with zero attached hydrogens (tertiary/aromatic N) is 1. The number of ether oxygens (including phenoxy) is 1. The van der Waals surface area contributed by atoms with Crippen LogP contribution < -0.4 is 14.9 Å². The highest BCUT2D eigenvalue weighted by atomic mass is 32.2. The van der Waals surface area contributed by atoms with Crippen molar-refractivity contribution in [3.05, 3.63) is 23.8 Å². The molecule has 3 rings (SSSR count). The van der Waals surface area contributed by atoms with E-state index in [0.717, 1.165) is 25.7 Å². The monoisotopic (exact) mass is 459 g/mol. The van der Waals surface area contributed by atoms with E-state index >= 15 is 0 Å². The molecule has 1 saturated carbocycles. The lowest BCUT2D eigenvalue weighted by Gasteiger charge is -2.37. The van der Waals surface area contributed by atoms with Gasteiger partial charge in [0.1, 0.15) is 5.69 Å². The fraction of sp³-hybridized carbons (Fsp3) is 0.727. The van der Waals surface area contributed by atoms with Crippen molar-refractivity contribution in [2.45, 2.75) is 76.9 Å². The van der Waals surface area contributed by atoms with Crippen molar-refractivity contribution in [2.24, 2.45) is 5.92 Å². The molecule has 1 aromatic rings. The number of nitrogens with one attached hydrogen (secondary N) is 2. The van der Waals surface area contributed by atoms with E-state index in [9.17, 15) is 17.2 Å². The van der Waals surface area contributed by atoms with Crippen LogP contribution >= 0.6 is 0 Å². The summed E-state index contributed by atoms with van der Waals surface area (Å²) in [5.74, 6) is -0.808. The van der Waals surface area contributed by atoms with Crippen molar-refractivity contribution in [2.75, 3.05) is 29.9 Å². The van der Waals surface area contributed by atoms with E-state index in [2.05, 4.69) is 10.0 Å². The number of morpholine rings is 1. The highest BCUT2D eigenvalue weighted by molar-refractivity contribution is 7.90. The second-order valence-electron chi connectivity index (χ2n) is 9.26. The van der Waals surface area contributed by atoms with Crippen molar-refractivity contribution >= 4 is 21.4 Å². The molecule has 0 aromatic heterocycles. The van der Waals surface area contributed by atoms with Crippen LogP contribution in [-0.4, -0.2) is 51.6 Å². The van der Waals surface area contributed by atoms with Crippen LogP contribution in [0.4, 0.5) is 20.2 Å². The first-order valence-electron chi connectivity index (χ1n) is 11.2. The highest BCUT2D eigenvalue weighted by Crippen LogP contribution is 2.31. The highest BCUT2D eigenvalue weighted by Gasteiger charge is 2.28. The van der Waals surface area contributed by atoms with Crippen LogP contribution in [0.1, 0.15) is 53.4 Å². The molecule has 0 unspecified atom stereocenters. The Morgan fingerprint density at radius 2 is 1.61 bits per heavy atom. The zero-order valence-electron chi connectivity index (χ0n) is 18.8. The van der Waals surface area contributed by atoms with Gasteiger partial charge in [-0.15, -0.1) is 0 Å². The van der Waals surface area contributed by atoms with Crippen LogP contribution in [0.2, 0.25) is 0 Å². The molecular weight excluding hydrogens is 424 g/mol. The third kappa shape index (κ3) is 6.29. The summed E-state index contributed by atoms with van der Waals surface area (Å²) in [4.78, 5) is 1.72. The summed E-state index contributed by atoms with van der Waals surface area (Å²) in [6.07, 6.45) is 3.11. The average molecular weight is 460 g/mol. The largest absolute Gasteiger partial charge is 0.385 e. The van der Waals surface area contributed by atoms with Gasteiger partial charge in [-0.1, -0.05) is 0 Å². The quantitative estimate of drug-likeness (QED) is 0.648. The molecule has 2 aliphatic rings. The van der Waals surface area contributed by atoms with Gasteiger partial charge in [0.2, 0.25) is 10.0 Å². The predicted octanol–water partition coefficient (Wildman–Crippen LogP) is 3.88.